The Morgan fingerprint density at radius 1 is 1.73 bits per heavy atom. The number of aliphatic imine (C=N–C) groups is 1. The summed E-state index contributed by atoms with van der Waals surface area (Å²) in [5.74, 6) is -0.0935. The minimum atomic E-state index is -0.0935. The van der Waals surface area contributed by atoms with Crippen molar-refractivity contribution in [1.29, 1.82) is 0 Å². The molecule has 0 radical (unpaired) electrons. The van der Waals surface area contributed by atoms with Crippen LogP contribution in [-0.4, -0.2) is 25.2 Å². The lowest BCUT2D eigenvalue weighted by atomic mass is 10.1. The Bertz CT molecular complexity index is 228. The van der Waals surface area contributed by atoms with E-state index in [4.69, 9.17) is 0 Å². The SMILES string of the molecule is CNC(=O)C1=NCCC(C)=C1. The van der Waals surface area contributed by atoms with Crippen molar-refractivity contribution < 1.29 is 4.79 Å². The average Bonchev–Trinajstić information content (AvgIpc) is 2.03. The second-order valence-corrected chi connectivity index (χ2v) is 2.59. The van der Waals surface area contributed by atoms with Gasteiger partial charge in [-0.15, -0.1) is 0 Å². The Morgan fingerprint density at radius 3 is 3.00 bits per heavy atom. The van der Waals surface area contributed by atoms with Crippen LogP contribution < -0.4 is 5.32 Å². The number of rotatable bonds is 1. The predicted molar refractivity (Wildman–Crippen MR) is 44.7 cm³/mol. The summed E-state index contributed by atoms with van der Waals surface area (Å²) in [7, 11) is 1.61. The molecule has 3 heteroatoms. The number of nitrogens with one attached hydrogen (secondary N) is 1. The quantitative estimate of drug-likeness (QED) is 0.585. The zero-order chi connectivity index (χ0) is 8.27. The van der Waals surface area contributed by atoms with Crippen molar-refractivity contribution in [3.05, 3.63) is 11.6 Å². The van der Waals surface area contributed by atoms with Crippen LogP contribution in [0.3, 0.4) is 0 Å². The highest BCUT2D eigenvalue weighted by Gasteiger charge is 2.09. The number of hydrogen-bond donors (Lipinski definition) is 1. The van der Waals surface area contributed by atoms with E-state index in [-0.39, 0.29) is 5.91 Å². The molecule has 1 heterocycles. The summed E-state index contributed by atoms with van der Waals surface area (Å²) < 4.78 is 0. The molecule has 0 bridgehead atoms. The summed E-state index contributed by atoms with van der Waals surface area (Å²) in [6, 6.07) is 0. The van der Waals surface area contributed by atoms with Gasteiger partial charge in [-0.1, -0.05) is 5.57 Å². The van der Waals surface area contributed by atoms with Gasteiger partial charge in [0.2, 0.25) is 0 Å². The van der Waals surface area contributed by atoms with Gasteiger partial charge in [0.05, 0.1) is 0 Å². The minimum Gasteiger partial charge on any atom is -0.354 e. The van der Waals surface area contributed by atoms with E-state index in [1.807, 2.05) is 13.0 Å². The Kier molecular flexibility index (Phi) is 2.41. The number of carbonyl (C=O) groups is 1. The smallest absolute Gasteiger partial charge is 0.269 e. The van der Waals surface area contributed by atoms with Crippen LogP contribution in [0.1, 0.15) is 13.3 Å². The van der Waals surface area contributed by atoms with Crippen LogP contribution in [0.25, 0.3) is 0 Å². The van der Waals surface area contributed by atoms with Gasteiger partial charge in [0.15, 0.2) is 0 Å². The lowest BCUT2D eigenvalue weighted by Crippen LogP contribution is -2.27. The van der Waals surface area contributed by atoms with Gasteiger partial charge in [-0.05, 0) is 19.4 Å². The van der Waals surface area contributed by atoms with E-state index in [2.05, 4.69) is 10.3 Å². The average molecular weight is 152 g/mol. The van der Waals surface area contributed by atoms with Gasteiger partial charge in [0.1, 0.15) is 5.71 Å². The van der Waals surface area contributed by atoms with Gasteiger partial charge in [0, 0.05) is 13.6 Å². The first kappa shape index (κ1) is 7.98. The molecule has 0 spiro atoms. The fourth-order valence-electron chi connectivity index (χ4n) is 0.969. The Morgan fingerprint density at radius 2 is 2.45 bits per heavy atom. The number of nitrogens with zero attached hydrogens (tertiary/aromatic N) is 1. The molecule has 11 heavy (non-hydrogen) atoms. The maximum Gasteiger partial charge on any atom is 0.269 e. The van der Waals surface area contributed by atoms with Gasteiger partial charge in [-0.2, -0.15) is 0 Å². The zero-order valence-corrected chi connectivity index (χ0v) is 6.85. The molecule has 1 amide bonds. The first-order valence-corrected chi connectivity index (χ1v) is 3.67. The van der Waals surface area contributed by atoms with Gasteiger partial charge >= 0.3 is 0 Å². The summed E-state index contributed by atoms with van der Waals surface area (Å²) in [5, 5.41) is 2.54. The fraction of sp³-hybridized carbons (Fsp3) is 0.500. The molecule has 0 aromatic heterocycles. The van der Waals surface area contributed by atoms with Crippen molar-refractivity contribution in [2.24, 2.45) is 4.99 Å². The number of hydrogen-bond acceptors (Lipinski definition) is 2. The molecule has 0 aromatic rings. The van der Waals surface area contributed by atoms with Crippen molar-refractivity contribution in [2.75, 3.05) is 13.6 Å². The third kappa shape index (κ3) is 1.90. The van der Waals surface area contributed by atoms with Crippen molar-refractivity contribution in [3.8, 4) is 0 Å². The normalized spacial score (nSPS) is 16.9. The molecule has 0 fully saturated rings. The molecule has 3 nitrogen and oxygen atoms in total. The molecule has 0 aromatic carbocycles. The summed E-state index contributed by atoms with van der Waals surface area (Å²) in [4.78, 5) is 15.1. The molecule has 0 atom stereocenters. The van der Waals surface area contributed by atoms with Crippen LogP contribution in [0.4, 0.5) is 0 Å². The lowest BCUT2D eigenvalue weighted by molar-refractivity contribution is -0.114. The van der Waals surface area contributed by atoms with Crippen molar-refractivity contribution in [3.63, 3.8) is 0 Å². The predicted octanol–water partition coefficient (Wildman–Crippen LogP) is 0.523. The summed E-state index contributed by atoms with van der Waals surface area (Å²) in [6.07, 6.45) is 2.81. The Balaban J connectivity index is 2.73. The van der Waals surface area contributed by atoms with Gasteiger partial charge in [-0.3, -0.25) is 9.79 Å². The third-order valence-corrected chi connectivity index (χ3v) is 1.63. The van der Waals surface area contributed by atoms with Crippen LogP contribution in [0.2, 0.25) is 0 Å². The molecule has 0 saturated heterocycles. The Labute approximate surface area is 66.2 Å². The first-order valence-electron chi connectivity index (χ1n) is 3.67. The lowest BCUT2D eigenvalue weighted by Gasteiger charge is -2.07. The molecule has 1 rings (SSSR count). The maximum atomic E-state index is 11.0. The van der Waals surface area contributed by atoms with Crippen molar-refractivity contribution in [1.82, 2.24) is 5.32 Å². The first-order chi connectivity index (χ1) is 5.24. The van der Waals surface area contributed by atoms with E-state index in [0.29, 0.717) is 5.71 Å². The molecular weight excluding hydrogens is 140 g/mol. The molecule has 1 aliphatic rings. The summed E-state index contributed by atoms with van der Waals surface area (Å²) in [6.45, 7) is 2.75. The second kappa shape index (κ2) is 3.32. The van der Waals surface area contributed by atoms with E-state index in [0.717, 1.165) is 13.0 Å². The topological polar surface area (TPSA) is 41.5 Å². The fourth-order valence-corrected chi connectivity index (χ4v) is 0.969. The van der Waals surface area contributed by atoms with Crippen LogP contribution in [-0.2, 0) is 4.79 Å². The highest BCUT2D eigenvalue weighted by Crippen LogP contribution is 2.06. The van der Waals surface area contributed by atoms with Gasteiger partial charge in [-0.25, -0.2) is 0 Å². The van der Waals surface area contributed by atoms with E-state index in [1.165, 1.54) is 5.57 Å². The highest BCUT2D eigenvalue weighted by atomic mass is 16.1. The van der Waals surface area contributed by atoms with Crippen LogP contribution in [0, 0.1) is 0 Å². The molecular formula is C8H12N2O. The molecule has 60 valence electrons. The Hall–Kier alpha value is -1.12. The van der Waals surface area contributed by atoms with Crippen LogP contribution >= 0.6 is 0 Å². The molecule has 0 aliphatic carbocycles. The van der Waals surface area contributed by atoms with E-state index in [1.54, 1.807) is 7.05 Å². The van der Waals surface area contributed by atoms with Crippen molar-refractivity contribution >= 4 is 11.6 Å². The zero-order valence-electron chi connectivity index (χ0n) is 6.85. The third-order valence-electron chi connectivity index (χ3n) is 1.63. The number of amides is 1. The largest absolute Gasteiger partial charge is 0.354 e. The van der Waals surface area contributed by atoms with Crippen LogP contribution in [0.15, 0.2) is 16.6 Å². The van der Waals surface area contributed by atoms with Crippen LogP contribution in [0.5, 0.6) is 0 Å². The van der Waals surface area contributed by atoms with E-state index < -0.39 is 0 Å². The van der Waals surface area contributed by atoms with Crippen molar-refractivity contribution in [2.45, 2.75) is 13.3 Å². The number of carbonyl (C=O) groups excluding carboxylic acids is 1. The maximum absolute atomic E-state index is 11.0. The second-order valence-electron chi connectivity index (χ2n) is 2.59. The molecule has 1 N–H and O–H groups in total. The van der Waals surface area contributed by atoms with E-state index in [9.17, 15) is 4.79 Å². The minimum absolute atomic E-state index is 0.0935. The molecule has 0 saturated carbocycles. The summed E-state index contributed by atoms with van der Waals surface area (Å²) >= 11 is 0. The standard InChI is InChI=1S/C8H12N2O/c1-6-3-4-10-7(5-6)8(11)9-2/h5H,3-4H2,1-2H3,(H,9,11). The number of dihydropyridines is 1. The highest BCUT2D eigenvalue weighted by molar-refractivity contribution is 6.43. The van der Waals surface area contributed by atoms with E-state index >= 15 is 0 Å². The summed E-state index contributed by atoms with van der Waals surface area (Å²) in [5.41, 5.74) is 1.77. The molecule has 0 unspecified atom stereocenters. The monoisotopic (exact) mass is 152 g/mol. The molecule has 1 aliphatic heterocycles. The van der Waals surface area contributed by atoms with Gasteiger partial charge in [0.25, 0.3) is 5.91 Å². The van der Waals surface area contributed by atoms with Gasteiger partial charge < -0.3 is 5.32 Å².